The van der Waals surface area contributed by atoms with Gasteiger partial charge in [0.25, 0.3) is 11.8 Å². The van der Waals surface area contributed by atoms with Crippen molar-refractivity contribution < 1.29 is 23.9 Å². The Morgan fingerprint density at radius 1 is 1.21 bits per heavy atom. The van der Waals surface area contributed by atoms with Crippen molar-refractivity contribution in [2.24, 2.45) is 5.92 Å². The van der Waals surface area contributed by atoms with Gasteiger partial charge in [-0.1, -0.05) is 6.92 Å². The van der Waals surface area contributed by atoms with Crippen LogP contribution in [-0.4, -0.2) is 78.5 Å². The van der Waals surface area contributed by atoms with E-state index in [1.165, 1.54) is 6.92 Å². The molecule has 1 aromatic carbocycles. The summed E-state index contributed by atoms with van der Waals surface area (Å²) in [6.07, 6.45) is 2.89. The molecule has 2 aromatic rings. The number of benzene rings is 1. The maximum atomic E-state index is 13.4. The highest BCUT2D eigenvalue weighted by Gasteiger charge is 2.31. The summed E-state index contributed by atoms with van der Waals surface area (Å²) in [5, 5.41) is 2.71. The molecule has 0 saturated heterocycles. The fourth-order valence-electron chi connectivity index (χ4n) is 3.99. The van der Waals surface area contributed by atoms with E-state index in [-0.39, 0.29) is 42.4 Å². The molecular weight excluding hydrogens is 436 g/mol. The minimum atomic E-state index is -0.308. The summed E-state index contributed by atoms with van der Waals surface area (Å²) in [7, 11) is 3.32. The third-order valence-electron chi connectivity index (χ3n) is 5.94. The molecule has 1 aliphatic heterocycles. The predicted molar refractivity (Wildman–Crippen MR) is 128 cm³/mol. The van der Waals surface area contributed by atoms with E-state index in [2.05, 4.69) is 10.3 Å². The van der Waals surface area contributed by atoms with Crippen molar-refractivity contribution in [3.8, 4) is 5.75 Å². The van der Waals surface area contributed by atoms with E-state index in [4.69, 9.17) is 9.47 Å². The van der Waals surface area contributed by atoms with Crippen LogP contribution >= 0.6 is 0 Å². The number of ether oxygens (including phenoxy) is 2. The number of aromatic nitrogens is 1. The molecule has 34 heavy (non-hydrogen) atoms. The van der Waals surface area contributed by atoms with Gasteiger partial charge in [-0.25, -0.2) is 0 Å². The number of carbonyl (C=O) groups is 3. The fourth-order valence-corrected chi connectivity index (χ4v) is 3.99. The Morgan fingerprint density at radius 3 is 2.62 bits per heavy atom. The van der Waals surface area contributed by atoms with Gasteiger partial charge in [0.1, 0.15) is 12.4 Å². The van der Waals surface area contributed by atoms with E-state index >= 15 is 0 Å². The lowest BCUT2D eigenvalue weighted by molar-refractivity contribution is -0.114. The SMILES string of the molecule is CO[C@@H]1CN(C)C(=O)c2ccc(NC(C)=O)cc2OC[C@@H](C)N(C(=O)c2cccnc2)C[C@H]1C. The summed E-state index contributed by atoms with van der Waals surface area (Å²) in [5.41, 5.74) is 1.38. The molecule has 0 saturated carbocycles. The average Bonchev–Trinajstić information content (AvgIpc) is 2.82. The van der Waals surface area contributed by atoms with Gasteiger partial charge in [-0.15, -0.1) is 0 Å². The third kappa shape index (κ3) is 5.91. The average molecular weight is 469 g/mol. The number of methoxy groups -OCH3 is 1. The van der Waals surface area contributed by atoms with Crippen LogP contribution in [0.2, 0.25) is 0 Å². The second kappa shape index (κ2) is 11.1. The van der Waals surface area contributed by atoms with Gasteiger partial charge in [0, 0.05) is 64.2 Å². The quantitative estimate of drug-likeness (QED) is 0.743. The van der Waals surface area contributed by atoms with Crippen LogP contribution in [0.15, 0.2) is 42.7 Å². The monoisotopic (exact) mass is 468 g/mol. The summed E-state index contributed by atoms with van der Waals surface area (Å²) in [6, 6.07) is 8.09. The first-order valence-electron chi connectivity index (χ1n) is 11.2. The maximum absolute atomic E-state index is 13.4. The second-order valence-corrected chi connectivity index (χ2v) is 8.69. The number of nitrogens with zero attached hydrogens (tertiary/aromatic N) is 3. The normalized spacial score (nSPS) is 21.6. The Morgan fingerprint density at radius 2 is 1.97 bits per heavy atom. The van der Waals surface area contributed by atoms with Gasteiger partial charge in [0.15, 0.2) is 0 Å². The van der Waals surface area contributed by atoms with Crippen LogP contribution in [0.4, 0.5) is 5.69 Å². The van der Waals surface area contributed by atoms with Gasteiger partial charge in [0.2, 0.25) is 5.91 Å². The van der Waals surface area contributed by atoms with Crippen molar-refractivity contribution in [3.05, 3.63) is 53.9 Å². The maximum Gasteiger partial charge on any atom is 0.257 e. The lowest BCUT2D eigenvalue weighted by atomic mass is 10.0. The highest BCUT2D eigenvalue weighted by Crippen LogP contribution is 2.27. The number of fused-ring (bicyclic) bond motifs is 1. The first kappa shape index (κ1) is 25.2. The van der Waals surface area contributed by atoms with E-state index in [0.717, 1.165) is 0 Å². The predicted octanol–water partition coefficient (Wildman–Crippen LogP) is 2.69. The number of pyridine rings is 1. The van der Waals surface area contributed by atoms with Crippen molar-refractivity contribution in [1.29, 1.82) is 0 Å². The van der Waals surface area contributed by atoms with E-state index in [9.17, 15) is 14.4 Å². The number of hydrogen-bond acceptors (Lipinski definition) is 6. The molecule has 1 aromatic heterocycles. The van der Waals surface area contributed by atoms with Crippen molar-refractivity contribution in [1.82, 2.24) is 14.8 Å². The van der Waals surface area contributed by atoms with Gasteiger partial charge in [-0.3, -0.25) is 19.4 Å². The molecule has 3 rings (SSSR count). The van der Waals surface area contributed by atoms with Crippen LogP contribution in [0.5, 0.6) is 5.75 Å². The number of nitrogens with one attached hydrogen (secondary N) is 1. The topological polar surface area (TPSA) is 101 Å². The van der Waals surface area contributed by atoms with Crippen LogP contribution < -0.4 is 10.1 Å². The molecule has 0 radical (unpaired) electrons. The Hall–Kier alpha value is -3.46. The molecule has 9 heteroatoms. The Bertz CT molecular complexity index is 1030. The molecule has 9 nitrogen and oxygen atoms in total. The Kier molecular flexibility index (Phi) is 8.22. The Labute approximate surface area is 200 Å². The zero-order chi connectivity index (χ0) is 24.8. The molecule has 0 aliphatic carbocycles. The number of carbonyl (C=O) groups excluding carboxylic acids is 3. The minimum absolute atomic E-state index is 0.0515. The van der Waals surface area contributed by atoms with Crippen LogP contribution in [0, 0.1) is 5.92 Å². The summed E-state index contributed by atoms with van der Waals surface area (Å²) < 4.78 is 11.8. The highest BCUT2D eigenvalue weighted by atomic mass is 16.5. The molecule has 3 amide bonds. The number of rotatable bonds is 3. The molecule has 182 valence electrons. The number of anilines is 1. The molecule has 3 atom stereocenters. The van der Waals surface area contributed by atoms with E-state index in [1.807, 2.05) is 13.8 Å². The van der Waals surface area contributed by atoms with Gasteiger partial charge in [-0.2, -0.15) is 0 Å². The number of likely N-dealkylation sites (N-methyl/N-ethyl adjacent to an activating group) is 1. The number of hydrogen-bond donors (Lipinski definition) is 1. The first-order valence-corrected chi connectivity index (χ1v) is 11.2. The first-order chi connectivity index (χ1) is 16.2. The molecular formula is C25H32N4O5. The summed E-state index contributed by atoms with van der Waals surface area (Å²) in [5.74, 6) is -0.305. The van der Waals surface area contributed by atoms with Crippen molar-refractivity contribution in [2.75, 3.05) is 39.2 Å². The van der Waals surface area contributed by atoms with Crippen LogP contribution in [0.25, 0.3) is 0 Å². The Balaban J connectivity index is 2.00. The molecule has 0 fully saturated rings. The van der Waals surface area contributed by atoms with Gasteiger partial charge >= 0.3 is 0 Å². The summed E-state index contributed by atoms with van der Waals surface area (Å²) in [6.45, 7) is 6.23. The summed E-state index contributed by atoms with van der Waals surface area (Å²) in [4.78, 5) is 45.5. The fraction of sp³-hybridized carbons (Fsp3) is 0.440. The summed E-state index contributed by atoms with van der Waals surface area (Å²) >= 11 is 0. The van der Waals surface area contributed by atoms with E-state index in [0.29, 0.717) is 35.7 Å². The number of amides is 3. The molecule has 0 bridgehead atoms. The van der Waals surface area contributed by atoms with Crippen molar-refractivity contribution >= 4 is 23.4 Å². The highest BCUT2D eigenvalue weighted by molar-refractivity contribution is 5.98. The molecule has 0 spiro atoms. The standard InChI is InChI=1S/C25H32N4O5/c1-16-13-29(24(31)19-7-6-10-26-12-19)17(2)15-34-22-11-20(27-18(3)30)8-9-21(22)25(32)28(4)14-23(16)33-5/h6-12,16-17,23H,13-15H2,1-5H3,(H,27,30)/t16-,17-,23-/m1/s1. The minimum Gasteiger partial charge on any atom is -0.491 e. The van der Waals surface area contributed by atoms with Crippen LogP contribution in [0.1, 0.15) is 41.5 Å². The van der Waals surface area contributed by atoms with Crippen molar-refractivity contribution in [3.63, 3.8) is 0 Å². The lowest BCUT2D eigenvalue weighted by Crippen LogP contribution is -2.48. The van der Waals surface area contributed by atoms with Gasteiger partial charge in [-0.05, 0) is 31.2 Å². The second-order valence-electron chi connectivity index (χ2n) is 8.69. The van der Waals surface area contributed by atoms with Gasteiger partial charge < -0.3 is 24.6 Å². The smallest absolute Gasteiger partial charge is 0.257 e. The molecule has 0 unspecified atom stereocenters. The third-order valence-corrected chi connectivity index (χ3v) is 5.94. The molecule has 2 heterocycles. The van der Waals surface area contributed by atoms with E-state index in [1.54, 1.807) is 66.7 Å². The van der Waals surface area contributed by atoms with Crippen LogP contribution in [0.3, 0.4) is 0 Å². The van der Waals surface area contributed by atoms with Gasteiger partial charge in [0.05, 0.1) is 23.3 Å². The van der Waals surface area contributed by atoms with Crippen LogP contribution in [-0.2, 0) is 9.53 Å². The molecule has 1 aliphatic rings. The van der Waals surface area contributed by atoms with Crippen molar-refractivity contribution in [2.45, 2.75) is 32.9 Å². The van der Waals surface area contributed by atoms with E-state index < -0.39 is 0 Å². The largest absolute Gasteiger partial charge is 0.491 e. The zero-order valence-corrected chi connectivity index (χ0v) is 20.3. The zero-order valence-electron chi connectivity index (χ0n) is 20.3. The molecule has 1 N–H and O–H groups in total. The lowest BCUT2D eigenvalue weighted by Gasteiger charge is -2.36.